The number of nitrogens with one attached hydrogen (secondary N) is 2. The van der Waals surface area contributed by atoms with Crippen LogP contribution in [-0.2, 0) is 14.8 Å². The lowest BCUT2D eigenvalue weighted by Crippen LogP contribution is -2.40. The van der Waals surface area contributed by atoms with Gasteiger partial charge in [0.2, 0.25) is 10.0 Å². The van der Waals surface area contributed by atoms with E-state index in [0.29, 0.717) is 23.9 Å². The molecule has 0 unspecified atom stereocenters. The fourth-order valence-electron chi connectivity index (χ4n) is 3.23. The molecule has 2 aromatic carbocycles. The zero-order valence-corrected chi connectivity index (χ0v) is 18.9. The van der Waals surface area contributed by atoms with Crippen LogP contribution in [0.4, 0.5) is 11.4 Å². The average molecular weight is 490 g/mol. The first-order valence-corrected chi connectivity index (χ1v) is 11.8. The Morgan fingerprint density at radius 3 is 2.27 bits per heavy atom. The first-order chi connectivity index (χ1) is 15.8. The molecule has 0 bridgehead atoms. The molecule has 0 spiro atoms. The van der Waals surface area contributed by atoms with Gasteiger partial charge in [-0.2, -0.15) is 4.31 Å². The highest BCUT2D eigenvalue weighted by atomic mass is 35.5. The van der Waals surface area contributed by atoms with Crippen molar-refractivity contribution in [3.05, 3.63) is 77.2 Å². The third kappa shape index (κ3) is 5.25. The van der Waals surface area contributed by atoms with E-state index in [0.717, 1.165) is 0 Å². The fourth-order valence-corrected chi connectivity index (χ4v) is 4.81. The van der Waals surface area contributed by atoms with Crippen molar-refractivity contribution in [2.45, 2.75) is 4.90 Å². The summed E-state index contributed by atoms with van der Waals surface area (Å²) in [6.45, 7) is 1.26. The molecule has 33 heavy (non-hydrogen) atoms. The summed E-state index contributed by atoms with van der Waals surface area (Å²) in [6, 6.07) is 13.3. The Kier molecular flexibility index (Phi) is 6.80. The molecule has 9 nitrogen and oxygen atoms in total. The zero-order chi connectivity index (χ0) is 23.4. The number of ether oxygens (including phenoxy) is 1. The van der Waals surface area contributed by atoms with Crippen LogP contribution in [0.25, 0.3) is 0 Å². The minimum Gasteiger partial charge on any atom is -0.459 e. The number of hydrogen-bond donors (Lipinski definition) is 2. The van der Waals surface area contributed by atoms with Crippen LogP contribution in [0.5, 0.6) is 0 Å². The molecule has 1 aromatic heterocycles. The second-order valence-corrected chi connectivity index (χ2v) is 9.49. The lowest BCUT2D eigenvalue weighted by molar-refractivity contribution is 0.0730. The van der Waals surface area contributed by atoms with Gasteiger partial charge >= 0.3 is 0 Å². The smallest absolute Gasteiger partial charge is 0.291 e. The van der Waals surface area contributed by atoms with Crippen LogP contribution in [0.1, 0.15) is 20.9 Å². The number of nitrogens with zero attached hydrogens (tertiary/aromatic N) is 1. The summed E-state index contributed by atoms with van der Waals surface area (Å²) in [4.78, 5) is 25.2. The maximum absolute atomic E-state index is 12.8. The van der Waals surface area contributed by atoms with E-state index in [1.165, 1.54) is 47.0 Å². The quantitative estimate of drug-likeness (QED) is 0.547. The highest BCUT2D eigenvalue weighted by molar-refractivity contribution is 7.89. The molecule has 0 saturated carbocycles. The molecule has 2 heterocycles. The molecule has 0 aliphatic carbocycles. The summed E-state index contributed by atoms with van der Waals surface area (Å²) in [5.74, 6) is -0.888. The number of benzene rings is 2. The molecule has 0 radical (unpaired) electrons. The third-order valence-corrected chi connectivity index (χ3v) is 7.10. The van der Waals surface area contributed by atoms with Gasteiger partial charge in [0.15, 0.2) is 5.76 Å². The number of halogens is 1. The van der Waals surface area contributed by atoms with Crippen molar-refractivity contribution in [2.75, 3.05) is 36.9 Å². The Bertz CT molecular complexity index is 1250. The van der Waals surface area contributed by atoms with E-state index in [2.05, 4.69) is 10.6 Å². The number of morpholine rings is 1. The van der Waals surface area contributed by atoms with E-state index in [4.69, 9.17) is 20.8 Å². The second kappa shape index (κ2) is 9.75. The number of sulfonamides is 1. The van der Waals surface area contributed by atoms with Crippen LogP contribution >= 0.6 is 11.6 Å². The fraction of sp³-hybridized carbons (Fsp3) is 0.182. The molecule has 1 aliphatic rings. The molecule has 1 saturated heterocycles. The summed E-state index contributed by atoms with van der Waals surface area (Å²) in [5, 5.41) is 5.72. The number of anilines is 2. The first-order valence-electron chi connectivity index (χ1n) is 9.98. The summed E-state index contributed by atoms with van der Waals surface area (Å²) in [6.07, 6.45) is 1.37. The number of rotatable bonds is 6. The van der Waals surface area contributed by atoms with E-state index in [-0.39, 0.29) is 35.0 Å². The van der Waals surface area contributed by atoms with E-state index >= 15 is 0 Å². The lowest BCUT2D eigenvalue weighted by atomic mass is 10.2. The molecular formula is C22H20ClN3O6S. The zero-order valence-electron chi connectivity index (χ0n) is 17.3. The van der Waals surface area contributed by atoms with Crippen molar-refractivity contribution in [3.63, 3.8) is 0 Å². The predicted octanol–water partition coefficient (Wildman–Crippen LogP) is 3.46. The molecule has 2 amide bonds. The molecule has 4 rings (SSSR count). The Morgan fingerprint density at radius 2 is 1.61 bits per heavy atom. The molecule has 1 aliphatic heterocycles. The van der Waals surface area contributed by atoms with Gasteiger partial charge in [0, 0.05) is 23.7 Å². The van der Waals surface area contributed by atoms with Crippen molar-refractivity contribution in [1.29, 1.82) is 0 Å². The standard InChI is InChI=1S/C22H20ClN3O6S/c23-16-5-8-18(19(14-16)25-22(28)20-2-1-11-32-20)24-21(27)15-3-6-17(7-4-15)33(29,30)26-9-12-31-13-10-26/h1-8,11,14H,9-10,12-13H2,(H,24,27)(H,25,28). The van der Waals surface area contributed by atoms with Crippen molar-refractivity contribution >= 4 is 44.8 Å². The largest absolute Gasteiger partial charge is 0.459 e. The molecule has 3 aromatic rings. The van der Waals surface area contributed by atoms with Gasteiger partial charge in [-0.3, -0.25) is 9.59 Å². The van der Waals surface area contributed by atoms with Gasteiger partial charge in [-0.25, -0.2) is 8.42 Å². The van der Waals surface area contributed by atoms with Crippen LogP contribution in [0.15, 0.2) is 70.2 Å². The topological polar surface area (TPSA) is 118 Å². The maximum Gasteiger partial charge on any atom is 0.291 e. The summed E-state index contributed by atoms with van der Waals surface area (Å²) in [7, 11) is -3.66. The van der Waals surface area contributed by atoms with Gasteiger partial charge in [-0.15, -0.1) is 0 Å². The van der Waals surface area contributed by atoms with Gasteiger partial charge < -0.3 is 19.8 Å². The van der Waals surface area contributed by atoms with E-state index < -0.39 is 21.8 Å². The Balaban J connectivity index is 1.50. The van der Waals surface area contributed by atoms with Gasteiger partial charge in [0.05, 0.1) is 35.7 Å². The highest BCUT2D eigenvalue weighted by Crippen LogP contribution is 2.27. The van der Waals surface area contributed by atoms with Crippen molar-refractivity contribution in [3.8, 4) is 0 Å². The SMILES string of the molecule is O=C(Nc1ccc(Cl)cc1NC(=O)c1ccco1)c1ccc(S(=O)(=O)N2CCOCC2)cc1. The lowest BCUT2D eigenvalue weighted by Gasteiger charge is -2.26. The number of amides is 2. The minimum absolute atomic E-state index is 0.0962. The van der Waals surface area contributed by atoms with Crippen molar-refractivity contribution in [2.24, 2.45) is 0 Å². The van der Waals surface area contributed by atoms with Crippen LogP contribution in [-0.4, -0.2) is 50.8 Å². The summed E-state index contributed by atoms with van der Waals surface area (Å²) >= 11 is 6.05. The molecule has 172 valence electrons. The van der Waals surface area contributed by atoms with Gasteiger partial charge in [-0.1, -0.05) is 11.6 Å². The average Bonchev–Trinajstić information content (AvgIpc) is 3.37. The molecule has 11 heteroatoms. The first kappa shape index (κ1) is 23.0. The summed E-state index contributed by atoms with van der Waals surface area (Å²) < 4.78 is 37.1. The number of carbonyl (C=O) groups excluding carboxylic acids is 2. The summed E-state index contributed by atoms with van der Waals surface area (Å²) in [5.41, 5.74) is 0.840. The highest BCUT2D eigenvalue weighted by Gasteiger charge is 2.26. The second-order valence-electron chi connectivity index (χ2n) is 7.12. The van der Waals surface area contributed by atoms with Crippen LogP contribution in [0.2, 0.25) is 5.02 Å². The monoisotopic (exact) mass is 489 g/mol. The molecule has 0 atom stereocenters. The molecular weight excluding hydrogens is 470 g/mol. The maximum atomic E-state index is 12.8. The number of carbonyl (C=O) groups is 2. The Hall–Kier alpha value is -3.18. The van der Waals surface area contributed by atoms with Crippen LogP contribution < -0.4 is 10.6 Å². The van der Waals surface area contributed by atoms with E-state index in [9.17, 15) is 18.0 Å². The van der Waals surface area contributed by atoms with E-state index in [1.54, 1.807) is 18.2 Å². The predicted molar refractivity (Wildman–Crippen MR) is 122 cm³/mol. The van der Waals surface area contributed by atoms with Gasteiger partial charge in [-0.05, 0) is 54.6 Å². The Labute approximate surface area is 195 Å². The molecule has 1 fully saturated rings. The number of furan rings is 1. The Morgan fingerprint density at radius 1 is 0.909 bits per heavy atom. The van der Waals surface area contributed by atoms with Crippen molar-refractivity contribution < 1.29 is 27.2 Å². The van der Waals surface area contributed by atoms with Crippen molar-refractivity contribution in [1.82, 2.24) is 4.31 Å². The van der Waals surface area contributed by atoms with Crippen LogP contribution in [0.3, 0.4) is 0 Å². The normalized spacial score (nSPS) is 14.6. The van der Waals surface area contributed by atoms with Gasteiger partial charge in [0.25, 0.3) is 11.8 Å². The third-order valence-electron chi connectivity index (χ3n) is 4.95. The van der Waals surface area contributed by atoms with E-state index in [1.807, 2.05) is 0 Å². The van der Waals surface area contributed by atoms with Gasteiger partial charge in [0.1, 0.15) is 0 Å². The van der Waals surface area contributed by atoms with Crippen LogP contribution in [0, 0.1) is 0 Å². The minimum atomic E-state index is -3.66. The molecule has 2 N–H and O–H groups in total. The number of hydrogen-bond acceptors (Lipinski definition) is 6.